The van der Waals surface area contributed by atoms with Gasteiger partial charge in [-0.1, -0.05) is 0 Å². The van der Waals surface area contributed by atoms with E-state index in [-0.39, 0.29) is 29.3 Å². The molecule has 1 unspecified atom stereocenters. The van der Waals surface area contributed by atoms with E-state index in [0.29, 0.717) is 18.5 Å². The lowest BCUT2D eigenvalue weighted by Crippen LogP contribution is -2.41. The van der Waals surface area contributed by atoms with Crippen molar-refractivity contribution in [3.63, 3.8) is 0 Å². The van der Waals surface area contributed by atoms with E-state index in [1.807, 2.05) is 6.92 Å². The number of H-pyrrole nitrogens is 1. The van der Waals surface area contributed by atoms with Gasteiger partial charge in [-0.15, -0.1) is 0 Å². The summed E-state index contributed by atoms with van der Waals surface area (Å²) in [5.41, 5.74) is 5.89. The summed E-state index contributed by atoms with van der Waals surface area (Å²) in [6.45, 7) is 2.27. The monoisotopic (exact) mass is 272 g/mol. The quantitative estimate of drug-likeness (QED) is 0.781. The van der Waals surface area contributed by atoms with Gasteiger partial charge in [-0.05, 0) is 13.3 Å². The van der Waals surface area contributed by atoms with Crippen LogP contribution in [0.4, 0.5) is 5.82 Å². The van der Waals surface area contributed by atoms with Crippen molar-refractivity contribution in [2.75, 3.05) is 23.8 Å². The number of hydrogen-bond donors (Lipinski definition) is 2. The number of hydrogen-bond acceptors (Lipinski definition) is 5. The molecule has 0 aliphatic carbocycles. The fraction of sp³-hybridized carbons (Fsp3) is 0.600. The Hall–Kier alpha value is -1.57. The summed E-state index contributed by atoms with van der Waals surface area (Å²) in [5.74, 6) is 0.109. The molecule has 1 fully saturated rings. The molecule has 18 heavy (non-hydrogen) atoms. The molecule has 7 nitrogen and oxygen atoms in total. The van der Waals surface area contributed by atoms with Crippen molar-refractivity contribution in [2.45, 2.75) is 19.4 Å². The van der Waals surface area contributed by atoms with E-state index in [0.717, 1.165) is 0 Å². The molecule has 2 rings (SSSR count). The van der Waals surface area contributed by atoms with Crippen LogP contribution in [-0.4, -0.2) is 53.5 Å². The average molecular weight is 272 g/mol. The van der Waals surface area contributed by atoms with Gasteiger partial charge in [0, 0.05) is 12.6 Å². The van der Waals surface area contributed by atoms with Crippen LogP contribution in [0.25, 0.3) is 0 Å². The minimum absolute atomic E-state index is 0.0321. The van der Waals surface area contributed by atoms with Crippen LogP contribution in [0, 0.1) is 0 Å². The van der Waals surface area contributed by atoms with Crippen LogP contribution in [-0.2, 0) is 9.84 Å². The van der Waals surface area contributed by atoms with Crippen molar-refractivity contribution in [1.82, 2.24) is 15.1 Å². The molecule has 1 aliphatic rings. The van der Waals surface area contributed by atoms with E-state index in [1.165, 1.54) is 6.20 Å². The number of nitrogen functional groups attached to an aromatic ring is 1. The fourth-order valence-electron chi connectivity index (χ4n) is 2.21. The minimum atomic E-state index is -3.01. The van der Waals surface area contributed by atoms with Crippen molar-refractivity contribution in [1.29, 1.82) is 0 Å². The lowest BCUT2D eigenvalue weighted by molar-refractivity contribution is 0.0709. The molecule has 3 N–H and O–H groups in total. The van der Waals surface area contributed by atoms with E-state index < -0.39 is 9.84 Å². The number of carbonyl (C=O) groups is 1. The van der Waals surface area contributed by atoms with Crippen LogP contribution in [0.3, 0.4) is 0 Å². The highest BCUT2D eigenvalue weighted by Gasteiger charge is 2.34. The van der Waals surface area contributed by atoms with Crippen molar-refractivity contribution >= 4 is 21.6 Å². The molecule has 0 spiro atoms. The first-order chi connectivity index (χ1) is 8.44. The molecule has 0 aromatic carbocycles. The van der Waals surface area contributed by atoms with E-state index in [4.69, 9.17) is 5.73 Å². The number of sulfone groups is 1. The maximum atomic E-state index is 12.2. The summed E-state index contributed by atoms with van der Waals surface area (Å²) in [4.78, 5) is 13.8. The van der Waals surface area contributed by atoms with Crippen LogP contribution in [0.1, 0.15) is 23.7 Å². The highest BCUT2D eigenvalue weighted by Crippen LogP contribution is 2.20. The predicted molar refractivity (Wildman–Crippen MR) is 66.8 cm³/mol. The van der Waals surface area contributed by atoms with E-state index in [9.17, 15) is 13.2 Å². The molecule has 0 bridgehead atoms. The lowest BCUT2D eigenvalue weighted by Gasteiger charge is -2.26. The molecule has 1 aromatic rings. The fourth-order valence-corrected chi connectivity index (χ4v) is 3.94. The number of nitrogens with two attached hydrogens (primary N) is 1. The van der Waals surface area contributed by atoms with E-state index in [1.54, 1.807) is 4.90 Å². The van der Waals surface area contributed by atoms with Crippen LogP contribution in [0.2, 0.25) is 0 Å². The van der Waals surface area contributed by atoms with Gasteiger partial charge in [0.05, 0.1) is 17.7 Å². The number of amides is 1. The van der Waals surface area contributed by atoms with Crippen molar-refractivity contribution in [2.24, 2.45) is 0 Å². The zero-order valence-electron chi connectivity index (χ0n) is 10.1. The topological polar surface area (TPSA) is 109 Å². The molecular formula is C10H16N4O3S. The Morgan fingerprint density at radius 3 is 2.83 bits per heavy atom. The Labute approximate surface area is 105 Å². The van der Waals surface area contributed by atoms with Gasteiger partial charge < -0.3 is 10.6 Å². The van der Waals surface area contributed by atoms with Crippen LogP contribution in [0.15, 0.2) is 6.20 Å². The molecule has 0 saturated carbocycles. The molecule has 1 amide bonds. The van der Waals surface area contributed by atoms with Crippen molar-refractivity contribution in [3.05, 3.63) is 11.8 Å². The van der Waals surface area contributed by atoms with Gasteiger partial charge in [0.2, 0.25) is 0 Å². The Balaban J connectivity index is 2.20. The normalized spacial score (nSPS) is 21.9. The standard InChI is InChI=1S/C10H16N4O3S/c1-2-14(7-3-4-18(16,17)6-7)10(15)8-5-12-13-9(8)11/h5,7H,2-4,6H2,1H3,(H3,11,12,13). The number of nitrogens with zero attached hydrogens (tertiary/aromatic N) is 2. The minimum Gasteiger partial charge on any atom is -0.383 e. The number of aromatic nitrogens is 2. The van der Waals surface area contributed by atoms with Crippen molar-refractivity contribution < 1.29 is 13.2 Å². The van der Waals surface area contributed by atoms with E-state index in [2.05, 4.69) is 10.2 Å². The average Bonchev–Trinajstić information content (AvgIpc) is 2.86. The summed E-state index contributed by atoms with van der Waals surface area (Å²) in [5, 5.41) is 6.20. The summed E-state index contributed by atoms with van der Waals surface area (Å²) in [6, 6.07) is -0.262. The van der Waals surface area contributed by atoms with Gasteiger partial charge in [0.1, 0.15) is 11.4 Å². The molecule has 1 aromatic heterocycles. The third kappa shape index (κ3) is 2.33. The largest absolute Gasteiger partial charge is 0.383 e. The number of rotatable bonds is 3. The Bertz CT molecular complexity index is 551. The van der Waals surface area contributed by atoms with Gasteiger partial charge in [-0.25, -0.2) is 8.42 Å². The zero-order chi connectivity index (χ0) is 13.3. The van der Waals surface area contributed by atoms with Gasteiger partial charge in [0.25, 0.3) is 5.91 Å². The Morgan fingerprint density at radius 2 is 2.39 bits per heavy atom. The molecular weight excluding hydrogens is 256 g/mol. The summed E-state index contributed by atoms with van der Waals surface area (Å²) in [6.07, 6.45) is 1.85. The predicted octanol–water partition coefficient (Wildman–Crippen LogP) is -0.359. The summed E-state index contributed by atoms with van der Waals surface area (Å²) < 4.78 is 22.9. The molecule has 8 heteroatoms. The number of anilines is 1. The summed E-state index contributed by atoms with van der Waals surface area (Å²) >= 11 is 0. The van der Waals surface area contributed by atoms with Gasteiger partial charge >= 0.3 is 0 Å². The molecule has 2 heterocycles. The third-order valence-electron chi connectivity index (χ3n) is 3.15. The Kier molecular flexibility index (Phi) is 3.29. The second kappa shape index (κ2) is 4.60. The van der Waals surface area contributed by atoms with Gasteiger partial charge in [-0.3, -0.25) is 9.89 Å². The molecule has 1 atom stereocenters. The first-order valence-electron chi connectivity index (χ1n) is 5.75. The van der Waals surface area contributed by atoms with Crippen LogP contribution in [0.5, 0.6) is 0 Å². The number of nitrogens with one attached hydrogen (secondary N) is 1. The first kappa shape index (κ1) is 12.9. The maximum Gasteiger partial charge on any atom is 0.259 e. The highest BCUT2D eigenvalue weighted by atomic mass is 32.2. The SMILES string of the molecule is CCN(C(=O)c1cn[nH]c1N)C1CCS(=O)(=O)C1. The molecule has 100 valence electrons. The summed E-state index contributed by atoms with van der Waals surface area (Å²) in [7, 11) is -3.01. The zero-order valence-corrected chi connectivity index (χ0v) is 10.9. The lowest BCUT2D eigenvalue weighted by atomic mass is 10.2. The van der Waals surface area contributed by atoms with Crippen LogP contribution >= 0.6 is 0 Å². The maximum absolute atomic E-state index is 12.2. The smallest absolute Gasteiger partial charge is 0.259 e. The number of carbonyl (C=O) groups excluding carboxylic acids is 1. The highest BCUT2D eigenvalue weighted by molar-refractivity contribution is 7.91. The van der Waals surface area contributed by atoms with Crippen molar-refractivity contribution in [3.8, 4) is 0 Å². The van der Waals surface area contributed by atoms with Crippen LogP contribution < -0.4 is 5.73 Å². The third-order valence-corrected chi connectivity index (χ3v) is 4.90. The molecule has 1 saturated heterocycles. The Morgan fingerprint density at radius 1 is 1.67 bits per heavy atom. The van der Waals surface area contributed by atoms with Gasteiger partial charge in [0.15, 0.2) is 9.84 Å². The first-order valence-corrected chi connectivity index (χ1v) is 7.57. The molecule has 1 aliphatic heterocycles. The van der Waals surface area contributed by atoms with E-state index >= 15 is 0 Å². The second-order valence-electron chi connectivity index (χ2n) is 4.35. The second-order valence-corrected chi connectivity index (χ2v) is 6.57. The number of aromatic amines is 1. The molecule has 0 radical (unpaired) electrons. The van der Waals surface area contributed by atoms with Gasteiger partial charge in [-0.2, -0.15) is 5.10 Å².